The molecule has 1 aromatic heterocycles. The lowest BCUT2D eigenvalue weighted by atomic mass is 10.1. The molecule has 0 fully saturated rings. The van der Waals surface area contributed by atoms with Crippen LogP contribution in [0.5, 0.6) is 0 Å². The average Bonchev–Trinajstić information content (AvgIpc) is 2.63. The standard InChI is InChI=1S/C11H13FN4/c1-16(2)10-7(4-3-5-9(10)12)8-6-14-15-11(8)13/h3-6H,1-2H3,(H3,13,14,15). The van der Waals surface area contributed by atoms with E-state index in [1.807, 2.05) is 6.07 Å². The zero-order chi connectivity index (χ0) is 11.7. The summed E-state index contributed by atoms with van der Waals surface area (Å²) in [6.45, 7) is 0. The molecule has 1 aromatic carbocycles. The van der Waals surface area contributed by atoms with Crippen molar-refractivity contribution in [3.63, 3.8) is 0 Å². The van der Waals surface area contributed by atoms with Gasteiger partial charge in [-0.05, 0) is 6.07 Å². The number of nitrogens with two attached hydrogens (primary N) is 1. The lowest BCUT2D eigenvalue weighted by Crippen LogP contribution is -2.12. The van der Waals surface area contributed by atoms with Crippen LogP contribution < -0.4 is 10.6 Å². The van der Waals surface area contributed by atoms with E-state index in [1.54, 1.807) is 31.3 Å². The number of hydrogen-bond donors (Lipinski definition) is 2. The number of hydrogen-bond acceptors (Lipinski definition) is 3. The first-order valence-electron chi connectivity index (χ1n) is 4.86. The van der Waals surface area contributed by atoms with Gasteiger partial charge in [-0.3, -0.25) is 5.10 Å². The van der Waals surface area contributed by atoms with Crippen molar-refractivity contribution in [2.45, 2.75) is 0 Å². The highest BCUT2D eigenvalue weighted by Crippen LogP contribution is 2.34. The summed E-state index contributed by atoms with van der Waals surface area (Å²) in [4.78, 5) is 1.72. The third kappa shape index (κ3) is 1.60. The molecule has 0 aliphatic carbocycles. The van der Waals surface area contributed by atoms with Crippen molar-refractivity contribution >= 4 is 11.5 Å². The zero-order valence-electron chi connectivity index (χ0n) is 9.16. The highest BCUT2D eigenvalue weighted by atomic mass is 19.1. The summed E-state index contributed by atoms with van der Waals surface area (Å²) in [5.41, 5.74) is 7.69. The van der Waals surface area contributed by atoms with Gasteiger partial charge in [-0.1, -0.05) is 12.1 Å². The molecule has 0 atom stereocenters. The smallest absolute Gasteiger partial charge is 0.147 e. The first kappa shape index (κ1) is 10.5. The minimum atomic E-state index is -0.275. The van der Waals surface area contributed by atoms with Gasteiger partial charge < -0.3 is 10.6 Å². The molecule has 0 bridgehead atoms. The Kier molecular flexibility index (Phi) is 2.52. The van der Waals surface area contributed by atoms with E-state index in [-0.39, 0.29) is 5.82 Å². The van der Waals surface area contributed by atoms with Gasteiger partial charge in [0.25, 0.3) is 0 Å². The topological polar surface area (TPSA) is 57.9 Å². The predicted octanol–water partition coefficient (Wildman–Crippen LogP) is 1.86. The lowest BCUT2D eigenvalue weighted by Gasteiger charge is -2.17. The molecule has 4 nitrogen and oxygen atoms in total. The fourth-order valence-corrected chi connectivity index (χ4v) is 1.70. The molecule has 84 valence electrons. The number of nitrogens with zero attached hydrogens (tertiary/aromatic N) is 2. The molecule has 0 aliphatic heterocycles. The van der Waals surface area contributed by atoms with Gasteiger partial charge in [0.15, 0.2) is 0 Å². The Bertz CT molecular complexity index is 504. The van der Waals surface area contributed by atoms with Crippen LogP contribution in [0, 0.1) is 5.82 Å². The van der Waals surface area contributed by atoms with Gasteiger partial charge >= 0.3 is 0 Å². The first-order chi connectivity index (χ1) is 7.61. The van der Waals surface area contributed by atoms with Crippen LogP contribution in [0.3, 0.4) is 0 Å². The summed E-state index contributed by atoms with van der Waals surface area (Å²) in [7, 11) is 3.58. The molecule has 2 aromatic rings. The van der Waals surface area contributed by atoms with Crippen molar-refractivity contribution in [3.8, 4) is 11.1 Å². The molecular formula is C11H13FN4. The van der Waals surface area contributed by atoms with E-state index >= 15 is 0 Å². The fraction of sp³-hybridized carbons (Fsp3) is 0.182. The second-order valence-electron chi connectivity index (χ2n) is 3.73. The number of halogens is 1. The zero-order valence-corrected chi connectivity index (χ0v) is 9.16. The molecule has 0 aliphatic rings. The third-order valence-electron chi connectivity index (χ3n) is 2.39. The fourth-order valence-electron chi connectivity index (χ4n) is 1.70. The minimum Gasteiger partial charge on any atom is -0.384 e. The Balaban J connectivity index is 2.66. The summed E-state index contributed by atoms with van der Waals surface area (Å²) < 4.78 is 13.7. The molecule has 0 amide bonds. The van der Waals surface area contributed by atoms with E-state index in [9.17, 15) is 4.39 Å². The van der Waals surface area contributed by atoms with Crippen LogP contribution in [-0.4, -0.2) is 24.3 Å². The summed E-state index contributed by atoms with van der Waals surface area (Å²) in [6, 6.07) is 4.90. The number of anilines is 2. The Morgan fingerprint density at radius 1 is 1.31 bits per heavy atom. The second kappa shape index (κ2) is 3.84. The van der Waals surface area contributed by atoms with Gasteiger partial charge in [-0.25, -0.2) is 4.39 Å². The van der Waals surface area contributed by atoms with Gasteiger partial charge in [-0.15, -0.1) is 0 Å². The Hall–Kier alpha value is -2.04. The second-order valence-corrected chi connectivity index (χ2v) is 3.73. The highest BCUT2D eigenvalue weighted by molar-refractivity contribution is 5.83. The van der Waals surface area contributed by atoms with Crippen molar-refractivity contribution in [3.05, 3.63) is 30.2 Å². The number of H-pyrrole nitrogens is 1. The van der Waals surface area contributed by atoms with E-state index < -0.39 is 0 Å². The SMILES string of the molecule is CN(C)c1c(F)cccc1-c1cn[nH]c1N. The summed E-state index contributed by atoms with van der Waals surface area (Å²) in [6.07, 6.45) is 1.59. The average molecular weight is 220 g/mol. The molecule has 0 saturated carbocycles. The number of rotatable bonds is 2. The van der Waals surface area contributed by atoms with Gasteiger partial charge in [-0.2, -0.15) is 5.10 Å². The Labute approximate surface area is 92.9 Å². The normalized spacial score (nSPS) is 10.4. The van der Waals surface area contributed by atoms with Crippen LogP contribution in [0.1, 0.15) is 0 Å². The maximum Gasteiger partial charge on any atom is 0.147 e. The van der Waals surface area contributed by atoms with E-state index in [0.29, 0.717) is 17.1 Å². The van der Waals surface area contributed by atoms with Crippen LogP contribution >= 0.6 is 0 Å². The highest BCUT2D eigenvalue weighted by Gasteiger charge is 2.14. The quantitative estimate of drug-likeness (QED) is 0.812. The van der Waals surface area contributed by atoms with Gasteiger partial charge in [0.05, 0.1) is 11.9 Å². The third-order valence-corrected chi connectivity index (χ3v) is 2.39. The van der Waals surface area contributed by atoms with Crippen molar-refractivity contribution in [2.24, 2.45) is 0 Å². The van der Waals surface area contributed by atoms with Crippen LogP contribution in [-0.2, 0) is 0 Å². The number of benzene rings is 1. The molecular weight excluding hydrogens is 207 g/mol. The predicted molar refractivity (Wildman–Crippen MR) is 62.7 cm³/mol. The number of nitrogens with one attached hydrogen (secondary N) is 1. The molecule has 0 spiro atoms. The minimum absolute atomic E-state index is 0.275. The summed E-state index contributed by atoms with van der Waals surface area (Å²) >= 11 is 0. The molecule has 16 heavy (non-hydrogen) atoms. The monoisotopic (exact) mass is 220 g/mol. The number of aromatic amines is 1. The molecule has 5 heteroatoms. The van der Waals surface area contributed by atoms with E-state index in [4.69, 9.17) is 5.73 Å². The van der Waals surface area contributed by atoms with Gasteiger partial charge in [0, 0.05) is 25.2 Å². The van der Waals surface area contributed by atoms with Gasteiger partial charge in [0.2, 0.25) is 0 Å². The molecule has 0 unspecified atom stereocenters. The maximum absolute atomic E-state index is 13.7. The van der Waals surface area contributed by atoms with Crippen LogP contribution in [0.2, 0.25) is 0 Å². The largest absolute Gasteiger partial charge is 0.384 e. The lowest BCUT2D eigenvalue weighted by molar-refractivity contribution is 0.627. The molecule has 1 heterocycles. The maximum atomic E-state index is 13.7. The van der Waals surface area contributed by atoms with Crippen molar-refractivity contribution in [2.75, 3.05) is 24.7 Å². The van der Waals surface area contributed by atoms with Crippen molar-refractivity contribution in [1.29, 1.82) is 0 Å². The summed E-state index contributed by atoms with van der Waals surface area (Å²) in [5.74, 6) is 0.164. The molecule has 3 N–H and O–H groups in total. The van der Waals surface area contributed by atoms with E-state index in [2.05, 4.69) is 10.2 Å². The summed E-state index contributed by atoms with van der Waals surface area (Å²) in [5, 5.41) is 6.48. The molecule has 2 rings (SSSR count). The van der Waals surface area contributed by atoms with Crippen molar-refractivity contribution in [1.82, 2.24) is 10.2 Å². The van der Waals surface area contributed by atoms with E-state index in [0.717, 1.165) is 5.56 Å². The van der Waals surface area contributed by atoms with Crippen LogP contribution in [0.25, 0.3) is 11.1 Å². The Morgan fingerprint density at radius 2 is 2.06 bits per heavy atom. The van der Waals surface area contributed by atoms with Crippen LogP contribution in [0.15, 0.2) is 24.4 Å². The number of nitrogen functional groups attached to an aromatic ring is 1. The number of para-hydroxylation sites is 1. The van der Waals surface area contributed by atoms with Gasteiger partial charge in [0.1, 0.15) is 11.6 Å². The van der Waals surface area contributed by atoms with Crippen LogP contribution in [0.4, 0.5) is 15.9 Å². The molecule has 0 saturated heterocycles. The number of aromatic nitrogens is 2. The Morgan fingerprint density at radius 3 is 2.62 bits per heavy atom. The van der Waals surface area contributed by atoms with E-state index in [1.165, 1.54) is 6.07 Å². The first-order valence-corrected chi connectivity index (χ1v) is 4.86. The van der Waals surface area contributed by atoms with Crippen molar-refractivity contribution < 1.29 is 4.39 Å². The molecule has 0 radical (unpaired) electrons.